The number of fused-ring (bicyclic) bond motifs is 9. The molecule has 328 valence electrons. The van der Waals surface area contributed by atoms with Gasteiger partial charge in [-0.1, -0.05) is 206 Å². The van der Waals surface area contributed by atoms with E-state index in [2.05, 4.69) is 103 Å². The van der Waals surface area contributed by atoms with Crippen molar-refractivity contribution in [2.24, 2.45) is 0 Å². The van der Waals surface area contributed by atoms with Crippen LogP contribution in [0.1, 0.15) is 11.0 Å². The Balaban J connectivity index is 1.13. The van der Waals surface area contributed by atoms with Gasteiger partial charge in [0.15, 0.2) is 19.7 Å². The van der Waals surface area contributed by atoms with Crippen LogP contribution in [0.2, 0.25) is 0 Å². The smallest absolute Gasteiger partial charge is 0.238 e. The van der Waals surface area contributed by atoms with Crippen LogP contribution in [0, 0.1) is 0 Å². The summed E-state index contributed by atoms with van der Waals surface area (Å²) in [6.07, 6.45) is 0. The number of aromatic nitrogens is 5. The van der Waals surface area contributed by atoms with Gasteiger partial charge >= 0.3 is 0 Å². The predicted molar refractivity (Wildman–Crippen MR) is 290 cm³/mol. The van der Waals surface area contributed by atoms with Gasteiger partial charge in [-0.25, -0.2) is 4.98 Å². The minimum Gasteiger partial charge on any atom is -0.456 e. The van der Waals surface area contributed by atoms with E-state index in [-0.39, 0.29) is 33.3 Å². The Morgan fingerprint density at radius 1 is 0.371 bits per heavy atom. The molecule has 0 bridgehead atoms. The fourth-order valence-electron chi connectivity index (χ4n) is 10.6. The number of para-hydroxylation sites is 5. The van der Waals surface area contributed by atoms with Gasteiger partial charge in [-0.15, -0.1) is 0 Å². The number of nitrogens with zero attached hydrogens (tertiary/aromatic N) is 5. The predicted octanol–water partition coefficient (Wildman–Crippen LogP) is 12.7. The van der Waals surface area contributed by atoms with E-state index >= 15 is 0 Å². The van der Waals surface area contributed by atoms with Crippen molar-refractivity contribution in [2.45, 2.75) is 0 Å². The van der Waals surface area contributed by atoms with Crippen molar-refractivity contribution >= 4 is 94.4 Å². The summed E-state index contributed by atoms with van der Waals surface area (Å²) in [4.78, 5) is 16.3. The molecule has 0 fully saturated rings. The van der Waals surface area contributed by atoms with E-state index in [1.807, 2.05) is 95.6 Å². The summed E-state index contributed by atoms with van der Waals surface area (Å²) in [6, 6.07) is 64.0. The van der Waals surface area contributed by atoms with Crippen molar-refractivity contribution in [1.82, 2.24) is 24.1 Å². The fraction of sp³-hybridized carbons (Fsp3) is 0. The van der Waals surface area contributed by atoms with Crippen LogP contribution in [-0.4, -0.2) is 32.2 Å². The fourth-order valence-corrected chi connectivity index (χ4v) is 15.4. The average molecular weight is 920 g/mol. The first-order valence-corrected chi connectivity index (χ1v) is 25.0. The first-order chi connectivity index (χ1) is 38.0. The Morgan fingerprint density at radius 3 is 1.50 bits per heavy atom. The first-order valence-electron chi connectivity index (χ1n) is 27.0. The van der Waals surface area contributed by atoms with E-state index in [1.54, 1.807) is 6.07 Å². The second-order valence-corrected chi connectivity index (χ2v) is 21.1. The lowest BCUT2D eigenvalue weighted by Gasteiger charge is -2.34. The van der Waals surface area contributed by atoms with E-state index in [1.165, 1.54) is 20.1 Å². The standard InChI is InChI=1S/C63H41N5OSi/c1-4-22-43(23-5-1)70(44-24-6-2-7-25-44,45-26-8-3-9-27-45)46-28-20-21-42(39-46)61-64-62(66-63(65-61)68-56-36-17-12-31-49(56)50-32-13-18-37-57(50)68)53-40-52-51-33-14-19-38-59(51)69-60(52)41-58(53)67-54-34-15-10-29-47(54)48-30-11-16-35-55(48)67/h1-41H/i10D,11D,15D,16D,29D,30D,34D,35D. The Bertz CT molecular complexity index is 4570. The van der Waals surface area contributed by atoms with Crippen molar-refractivity contribution in [3.63, 3.8) is 0 Å². The molecule has 0 aliphatic heterocycles. The zero-order valence-electron chi connectivity index (χ0n) is 45.2. The van der Waals surface area contributed by atoms with E-state index < -0.39 is 56.4 Å². The summed E-state index contributed by atoms with van der Waals surface area (Å²) >= 11 is 0. The molecule has 0 saturated heterocycles. The van der Waals surface area contributed by atoms with Gasteiger partial charge in [0.25, 0.3) is 0 Å². The first kappa shape index (κ1) is 32.5. The van der Waals surface area contributed by atoms with Crippen LogP contribution in [0.3, 0.4) is 0 Å². The molecule has 4 heterocycles. The summed E-state index contributed by atoms with van der Waals surface area (Å²) in [7, 11) is -3.08. The second-order valence-electron chi connectivity index (χ2n) is 17.3. The van der Waals surface area contributed by atoms with Gasteiger partial charge in [0, 0.05) is 49.5 Å². The summed E-state index contributed by atoms with van der Waals surface area (Å²) in [5.41, 5.74) is 3.94. The van der Waals surface area contributed by atoms with Crippen molar-refractivity contribution in [3.8, 4) is 34.4 Å². The van der Waals surface area contributed by atoms with Gasteiger partial charge in [-0.05, 0) is 57.1 Å². The third kappa shape index (κ3) is 6.08. The molecule has 0 radical (unpaired) electrons. The largest absolute Gasteiger partial charge is 0.456 e. The molecule has 6 nitrogen and oxygen atoms in total. The van der Waals surface area contributed by atoms with Crippen molar-refractivity contribution in [2.75, 3.05) is 0 Å². The summed E-state index contributed by atoms with van der Waals surface area (Å²) in [5.74, 6) is 0.813. The molecule has 14 rings (SSSR count). The Kier molecular flexibility index (Phi) is 7.42. The van der Waals surface area contributed by atoms with Gasteiger partial charge in [-0.3, -0.25) is 4.57 Å². The Labute approximate surface area is 415 Å². The number of furan rings is 1. The third-order valence-electron chi connectivity index (χ3n) is 13.6. The van der Waals surface area contributed by atoms with Crippen LogP contribution >= 0.6 is 0 Å². The van der Waals surface area contributed by atoms with Gasteiger partial charge < -0.3 is 8.98 Å². The maximum atomic E-state index is 9.52. The zero-order chi connectivity index (χ0) is 53.1. The monoisotopic (exact) mass is 919 g/mol. The highest BCUT2D eigenvalue weighted by atomic mass is 28.3. The molecule has 70 heavy (non-hydrogen) atoms. The molecular formula is C63H41N5OSi. The van der Waals surface area contributed by atoms with E-state index in [0.717, 1.165) is 32.4 Å². The molecule has 14 aromatic rings. The number of benzene rings is 10. The van der Waals surface area contributed by atoms with Gasteiger partial charge in [0.1, 0.15) is 11.2 Å². The van der Waals surface area contributed by atoms with E-state index in [4.69, 9.17) is 24.9 Å². The molecule has 7 heteroatoms. The average Bonchev–Trinajstić information content (AvgIpc) is 4.21. The molecule has 0 N–H and O–H groups in total. The number of rotatable bonds is 8. The van der Waals surface area contributed by atoms with Crippen molar-refractivity contribution < 1.29 is 15.4 Å². The quantitative estimate of drug-likeness (QED) is 0.113. The molecule has 4 aromatic heterocycles. The second kappa shape index (κ2) is 16.0. The normalized spacial score (nSPS) is 13.6. The zero-order valence-corrected chi connectivity index (χ0v) is 38.2. The molecule has 0 spiro atoms. The van der Waals surface area contributed by atoms with E-state index in [0.29, 0.717) is 39.5 Å². The molecular weight excluding hydrogens is 871 g/mol. The lowest BCUT2D eigenvalue weighted by molar-refractivity contribution is 0.668. The Hall–Kier alpha value is -9.17. The molecule has 0 amide bonds. The van der Waals surface area contributed by atoms with Crippen LogP contribution in [0.4, 0.5) is 0 Å². The highest BCUT2D eigenvalue weighted by Gasteiger charge is 2.41. The highest BCUT2D eigenvalue weighted by Crippen LogP contribution is 2.41. The van der Waals surface area contributed by atoms with Crippen LogP contribution in [0.15, 0.2) is 253 Å². The third-order valence-corrected chi connectivity index (χ3v) is 18.4. The number of hydrogen-bond donors (Lipinski definition) is 0. The Morgan fingerprint density at radius 2 is 0.886 bits per heavy atom. The minimum absolute atomic E-state index is 0.0478. The minimum atomic E-state index is -3.08. The van der Waals surface area contributed by atoms with Gasteiger partial charge in [0.05, 0.1) is 38.7 Å². The van der Waals surface area contributed by atoms with Crippen LogP contribution in [0.25, 0.3) is 100.0 Å². The highest BCUT2D eigenvalue weighted by molar-refractivity contribution is 7.19. The molecule has 0 aliphatic carbocycles. The van der Waals surface area contributed by atoms with Crippen molar-refractivity contribution in [1.29, 1.82) is 0 Å². The van der Waals surface area contributed by atoms with Crippen molar-refractivity contribution in [3.05, 3.63) is 249 Å². The lowest BCUT2D eigenvalue weighted by atomic mass is 10.1. The number of hydrogen-bond acceptors (Lipinski definition) is 4. The molecule has 0 saturated carbocycles. The van der Waals surface area contributed by atoms with Crippen LogP contribution in [0.5, 0.6) is 0 Å². The lowest BCUT2D eigenvalue weighted by Crippen LogP contribution is -2.74. The molecule has 0 aliphatic rings. The molecule has 0 atom stereocenters. The van der Waals surface area contributed by atoms with Gasteiger partial charge in [-0.2, -0.15) is 9.97 Å². The maximum Gasteiger partial charge on any atom is 0.238 e. The SMILES string of the molecule is [2H]c1c([2H])c([2H])c2c(c1[2H])c1c([2H])c([2H])c([2H])c([2H])c1n2-c1cc2oc3ccccc3c2cc1-c1nc(-c2cccc([Si](c3ccccc3)(c3ccccc3)c3ccccc3)c2)nc(-n2c3ccccc3c3ccccc32)n1. The summed E-state index contributed by atoms with van der Waals surface area (Å²) in [6.45, 7) is 0. The molecule has 0 unspecified atom stereocenters. The molecule has 10 aromatic carbocycles. The topological polar surface area (TPSA) is 61.7 Å². The van der Waals surface area contributed by atoms with Crippen LogP contribution < -0.4 is 20.7 Å². The van der Waals surface area contributed by atoms with E-state index in [9.17, 15) is 5.48 Å². The summed E-state index contributed by atoms with van der Waals surface area (Å²) in [5, 5.41) is 8.01. The maximum absolute atomic E-state index is 9.52. The summed E-state index contributed by atoms with van der Waals surface area (Å²) < 4.78 is 83.2. The van der Waals surface area contributed by atoms with Crippen LogP contribution in [-0.2, 0) is 0 Å². The van der Waals surface area contributed by atoms with Gasteiger partial charge in [0.2, 0.25) is 5.95 Å².